The van der Waals surface area contributed by atoms with Crippen molar-refractivity contribution in [1.82, 2.24) is 14.8 Å². The highest BCUT2D eigenvalue weighted by molar-refractivity contribution is 7.99. The predicted octanol–water partition coefficient (Wildman–Crippen LogP) is 4.64. The summed E-state index contributed by atoms with van der Waals surface area (Å²) < 4.78 is 15.1. The summed E-state index contributed by atoms with van der Waals surface area (Å²) in [4.78, 5) is 14.7. The Morgan fingerprint density at radius 1 is 1.11 bits per heavy atom. The minimum absolute atomic E-state index is 0.0141. The number of benzene rings is 2. The van der Waals surface area contributed by atoms with Crippen molar-refractivity contribution in [2.45, 2.75) is 38.5 Å². The van der Waals surface area contributed by atoms with Crippen LogP contribution in [0.3, 0.4) is 0 Å². The first-order valence-electron chi connectivity index (χ1n) is 9.20. The van der Waals surface area contributed by atoms with Crippen molar-refractivity contribution in [3.05, 3.63) is 60.4 Å². The van der Waals surface area contributed by atoms with Gasteiger partial charge in [-0.05, 0) is 57.2 Å². The summed E-state index contributed by atoms with van der Waals surface area (Å²) in [5, 5.41) is 9.17. The van der Waals surface area contributed by atoms with Gasteiger partial charge in [0.1, 0.15) is 5.82 Å². The third-order valence-electron chi connectivity index (χ3n) is 4.28. The van der Waals surface area contributed by atoms with Crippen LogP contribution < -0.4 is 4.90 Å². The van der Waals surface area contributed by atoms with Gasteiger partial charge in [-0.2, -0.15) is 0 Å². The summed E-state index contributed by atoms with van der Waals surface area (Å²) in [7, 11) is 0. The van der Waals surface area contributed by atoms with E-state index in [4.69, 9.17) is 0 Å². The van der Waals surface area contributed by atoms with Gasteiger partial charge in [0.15, 0.2) is 11.0 Å². The zero-order chi connectivity index (χ0) is 20.1. The lowest BCUT2D eigenvalue weighted by atomic mass is 10.2. The molecular weight excluding hydrogens is 375 g/mol. The highest BCUT2D eigenvalue weighted by atomic mass is 32.2. The Morgan fingerprint density at radius 2 is 1.79 bits per heavy atom. The Bertz CT molecular complexity index is 925. The van der Waals surface area contributed by atoms with Gasteiger partial charge in [-0.25, -0.2) is 4.39 Å². The van der Waals surface area contributed by atoms with Crippen molar-refractivity contribution >= 4 is 23.4 Å². The zero-order valence-electron chi connectivity index (χ0n) is 16.2. The number of hydrogen-bond donors (Lipinski definition) is 0. The third kappa shape index (κ3) is 4.42. The maximum Gasteiger partial charge on any atom is 0.237 e. The van der Waals surface area contributed by atoms with Gasteiger partial charge < -0.3 is 9.47 Å². The normalized spacial score (nSPS) is 11.0. The summed E-state index contributed by atoms with van der Waals surface area (Å²) in [6.45, 7) is 6.64. The van der Waals surface area contributed by atoms with Gasteiger partial charge in [0.05, 0.1) is 5.75 Å². The molecule has 0 unspecified atom stereocenters. The molecule has 0 saturated heterocycles. The van der Waals surface area contributed by atoms with Crippen molar-refractivity contribution in [2.75, 3.05) is 10.7 Å². The first-order chi connectivity index (χ1) is 13.5. The molecule has 3 aromatic rings. The molecule has 0 radical (unpaired) electrons. The van der Waals surface area contributed by atoms with E-state index in [9.17, 15) is 9.18 Å². The first kappa shape index (κ1) is 20.1. The SMILES string of the molecule is CCn1c(SCC(=O)N(c2ccccc2)C(C)C)nnc1-c1ccc(F)cc1. The lowest BCUT2D eigenvalue weighted by molar-refractivity contribution is -0.116. The Labute approximate surface area is 168 Å². The molecule has 0 aliphatic carbocycles. The van der Waals surface area contributed by atoms with Crippen LogP contribution >= 0.6 is 11.8 Å². The van der Waals surface area contributed by atoms with Gasteiger partial charge >= 0.3 is 0 Å². The molecule has 7 heteroatoms. The van der Waals surface area contributed by atoms with Crippen molar-refractivity contribution in [2.24, 2.45) is 0 Å². The summed E-state index contributed by atoms with van der Waals surface area (Å²) in [6.07, 6.45) is 0. The van der Waals surface area contributed by atoms with Crippen LogP contribution in [-0.4, -0.2) is 32.5 Å². The molecule has 5 nitrogen and oxygen atoms in total. The molecule has 0 atom stereocenters. The molecule has 0 saturated carbocycles. The molecule has 146 valence electrons. The minimum Gasteiger partial charge on any atom is -0.309 e. The molecule has 1 heterocycles. The second-order valence-electron chi connectivity index (χ2n) is 6.54. The summed E-state index contributed by atoms with van der Waals surface area (Å²) in [6, 6.07) is 15.9. The van der Waals surface area contributed by atoms with Gasteiger partial charge in [0, 0.05) is 23.8 Å². The number of nitrogens with zero attached hydrogens (tertiary/aromatic N) is 4. The highest BCUT2D eigenvalue weighted by Crippen LogP contribution is 2.25. The molecule has 0 aliphatic rings. The van der Waals surface area contributed by atoms with Gasteiger partial charge in [0.25, 0.3) is 0 Å². The van der Waals surface area contributed by atoms with E-state index in [2.05, 4.69) is 10.2 Å². The van der Waals surface area contributed by atoms with Crippen molar-refractivity contribution < 1.29 is 9.18 Å². The molecule has 1 amide bonds. The average molecular weight is 399 g/mol. The van der Waals surface area contributed by atoms with Gasteiger partial charge in [-0.15, -0.1) is 10.2 Å². The average Bonchev–Trinajstić information content (AvgIpc) is 3.10. The fraction of sp³-hybridized carbons (Fsp3) is 0.286. The van der Waals surface area contributed by atoms with E-state index in [0.717, 1.165) is 11.3 Å². The number of hydrogen-bond acceptors (Lipinski definition) is 4. The van der Waals surface area contributed by atoms with Gasteiger partial charge in [0.2, 0.25) is 5.91 Å². The van der Waals surface area contributed by atoms with E-state index in [1.54, 1.807) is 17.0 Å². The number of anilines is 1. The fourth-order valence-corrected chi connectivity index (χ4v) is 3.87. The topological polar surface area (TPSA) is 51.0 Å². The second-order valence-corrected chi connectivity index (χ2v) is 7.48. The van der Waals surface area contributed by atoms with E-state index in [1.807, 2.05) is 55.7 Å². The number of halogens is 1. The fourth-order valence-electron chi connectivity index (χ4n) is 3.01. The lowest BCUT2D eigenvalue weighted by Crippen LogP contribution is -2.38. The summed E-state index contributed by atoms with van der Waals surface area (Å²) in [5.41, 5.74) is 1.68. The third-order valence-corrected chi connectivity index (χ3v) is 5.23. The molecular formula is C21H23FN4OS. The van der Waals surface area contributed by atoms with Gasteiger partial charge in [-0.3, -0.25) is 4.79 Å². The Morgan fingerprint density at radius 3 is 2.39 bits per heavy atom. The van der Waals surface area contributed by atoms with Crippen LogP contribution in [0.2, 0.25) is 0 Å². The Balaban J connectivity index is 1.77. The number of thioether (sulfide) groups is 1. The molecule has 0 bridgehead atoms. The van der Waals surface area contributed by atoms with Crippen LogP contribution in [0.5, 0.6) is 0 Å². The molecule has 28 heavy (non-hydrogen) atoms. The quantitative estimate of drug-likeness (QED) is 0.544. The molecule has 0 fully saturated rings. The maximum absolute atomic E-state index is 13.2. The monoisotopic (exact) mass is 398 g/mol. The number of carbonyl (C=O) groups excluding carboxylic acids is 1. The molecule has 0 spiro atoms. The molecule has 0 N–H and O–H groups in total. The smallest absolute Gasteiger partial charge is 0.237 e. The Kier molecular flexibility index (Phi) is 6.46. The Hall–Kier alpha value is -2.67. The number of carbonyl (C=O) groups is 1. The minimum atomic E-state index is -0.291. The van der Waals surface area contributed by atoms with E-state index in [1.165, 1.54) is 23.9 Å². The first-order valence-corrected chi connectivity index (χ1v) is 10.2. The lowest BCUT2D eigenvalue weighted by Gasteiger charge is -2.26. The maximum atomic E-state index is 13.2. The zero-order valence-corrected chi connectivity index (χ0v) is 17.0. The largest absolute Gasteiger partial charge is 0.309 e. The van der Waals surface area contributed by atoms with Crippen LogP contribution in [0.4, 0.5) is 10.1 Å². The number of aromatic nitrogens is 3. The van der Waals surface area contributed by atoms with E-state index in [-0.39, 0.29) is 23.5 Å². The number of amides is 1. The van der Waals surface area contributed by atoms with Crippen LogP contribution in [0.1, 0.15) is 20.8 Å². The van der Waals surface area contributed by atoms with Gasteiger partial charge in [-0.1, -0.05) is 30.0 Å². The highest BCUT2D eigenvalue weighted by Gasteiger charge is 2.21. The number of para-hydroxylation sites is 1. The van der Waals surface area contributed by atoms with E-state index in [0.29, 0.717) is 17.5 Å². The summed E-state index contributed by atoms with van der Waals surface area (Å²) >= 11 is 1.36. The molecule has 1 aromatic heterocycles. The van der Waals surface area contributed by atoms with Crippen molar-refractivity contribution in [3.63, 3.8) is 0 Å². The molecule has 3 rings (SSSR count). The number of rotatable bonds is 7. The van der Waals surface area contributed by atoms with Crippen molar-refractivity contribution in [1.29, 1.82) is 0 Å². The van der Waals surface area contributed by atoms with Crippen molar-refractivity contribution in [3.8, 4) is 11.4 Å². The van der Waals surface area contributed by atoms with Crippen LogP contribution in [0, 0.1) is 5.82 Å². The molecule has 2 aromatic carbocycles. The standard InChI is InChI=1S/C21H23FN4OS/c1-4-25-20(16-10-12-17(22)13-11-16)23-24-21(25)28-14-19(27)26(15(2)3)18-8-6-5-7-9-18/h5-13,15H,4,14H2,1-3H3. The molecule has 0 aliphatic heterocycles. The van der Waals surface area contributed by atoms with Crippen LogP contribution in [0.25, 0.3) is 11.4 Å². The second kappa shape index (κ2) is 9.01. The van der Waals surface area contributed by atoms with Crippen LogP contribution in [0.15, 0.2) is 59.8 Å². The van der Waals surface area contributed by atoms with Crippen LogP contribution in [-0.2, 0) is 11.3 Å². The summed E-state index contributed by atoms with van der Waals surface area (Å²) in [5.74, 6) is 0.650. The van der Waals surface area contributed by atoms with E-state index >= 15 is 0 Å². The van der Waals surface area contributed by atoms with E-state index < -0.39 is 0 Å². The predicted molar refractivity (Wildman–Crippen MR) is 111 cm³/mol.